The largest absolute Gasteiger partial charge is 0.488 e. The van der Waals surface area contributed by atoms with Crippen molar-refractivity contribution in [2.45, 2.75) is 6.10 Å². The third-order valence-corrected chi connectivity index (χ3v) is 4.17. The van der Waals surface area contributed by atoms with Crippen LogP contribution < -0.4 is 4.74 Å². The second kappa shape index (κ2) is 6.88. The van der Waals surface area contributed by atoms with E-state index in [0.717, 1.165) is 19.0 Å². The van der Waals surface area contributed by atoms with Crippen LogP contribution in [0.1, 0.15) is 11.7 Å². The van der Waals surface area contributed by atoms with E-state index in [1.54, 1.807) is 0 Å². The van der Waals surface area contributed by atoms with Crippen molar-refractivity contribution in [3.8, 4) is 5.75 Å². The summed E-state index contributed by atoms with van der Waals surface area (Å²) in [4.78, 5) is 0. The molecule has 19 heavy (non-hydrogen) atoms. The number of hydrogen-bond acceptors (Lipinski definition) is 2. The van der Waals surface area contributed by atoms with Crippen LogP contribution in [-0.4, -0.2) is 11.7 Å². The Morgan fingerprint density at radius 1 is 1.00 bits per heavy atom. The quantitative estimate of drug-likeness (QED) is 0.703. The Labute approximate surface area is 137 Å². The van der Waals surface area contributed by atoms with E-state index in [9.17, 15) is 5.11 Å². The second-order valence-electron chi connectivity index (χ2n) is 3.94. The lowest BCUT2D eigenvalue weighted by molar-refractivity contribution is 0.107. The number of aliphatic hydroxyl groups excluding tert-OH is 1. The van der Waals surface area contributed by atoms with Crippen LogP contribution >= 0.6 is 47.8 Å². The number of halogens is 3. The molecule has 0 aliphatic rings. The van der Waals surface area contributed by atoms with Gasteiger partial charge in [0.1, 0.15) is 18.5 Å². The molecular formula is C14H11Br3O2. The van der Waals surface area contributed by atoms with Gasteiger partial charge >= 0.3 is 0 Å². The highest BCUT2D eigenvalue weighted by atomic mass is 79.9. The first-order valence-electron chi connectivity index (χ1n) is 5.58. The van der Waals surface area contributed by atoms with Crippen LogP contribution in [0.5, 0.6) is 5.75 Å². The predicted molar refractivity (Wildman–Crippen MR) is 86.4 cm³/mol. The van der Waals surface area contributed by atoms with E-state index in [1.807, 2.05) is 42.5 Å². The molecule has 0 aromatic heterocycles. The monoisotopic (exact) mass is 448 g/mol. The van der Waals surface area contributed by atoms with Gasteiger partial charge in [-0.15, -0.1) is 0 Å². The first-order chi connectivity index (χ1) is 9.08. The third kappa shape index (κ3) is 4.05. The van der Waals surface area contributed by atoms with E-state index < -0.39 is 6.10 Å². The van der Waals surface area contributed by atoms with Crippen LogP contribution in [0.4, 0.5) is 0 Å². The molecule has 0 radical (unpaired) electrons. The molecule has 0 fully saturated rings. The molecule has 1 N–H and O–H groups in total. The molecule has 0 aliphatic carbocycles. The summed E-state index contributed by atoms with van der Waals surface area (Å²) in [5.74, 6) is 0.679. The highest BCUT2D eigenvalue weighted by Gasteiger charge is 2.12. The van der Waals surface area contributed by atoms with Gasteiger partial charge in [0, 0.05) is 4.47 Å². The van der Waals surface area contributed by atoms with Crippen molar-refractivity contribution in [2.75, 3.05) is 6.61 Å². The van der Waals surface area contributed by atoms with E-state index in [2.05, 4.69) is 47.8 Å². The van der Waals surface area contributed by atoms with Crippen molar-refractivity contribution >= 4 is 47.8 Å². The Morgan fingerprint density at radius 2 is 1.58 bits per heavy atom. The zero-order valence-electron chi connectivity index (χ0n) is 9.82. The van der Waals surface area contributed by atoms with Gasteiger partial charge in [-0.3, -0.25) is 0 Å². The predicted octanol–water partition coefficient (Wildman–Crippen LogP) is 5.09. The van der Waals surface area contributed by atoms with Crippen molar-refractivity contribution in [1.82, 2.24) is 0 Å². The molecule has 0 bridgehead atoms. The van der Waals surface area contributed by atoms with Gasteiger partial charge < -0.3 is 9.84 Å². The highest BCUT2D eigenvalue weighted by Crippen LogP contribution is 2.36. The number of aliphatic hydroxyl groups is 1. The number of ether oxygens (including phenoxy) is 1. The summed E-state index contributed by atoms with van der Waals surface area (Å²) in [6.07, 6.45) is -0.649. The summed E-state index contributed by atoms with van der Waals surface area (Å²) < 4.78 is 8.28. The SMILES string of the molecule is OC(COc1c(Br)cc(Br)cc1Br)c1ccccc1. The van der Waals surface area contributed by atoms with Crippen LogP contribution in [0.3, 0.4) is 0 Å². The Balaban J connectivity index is 2.07. The molecule has 1 atom stereocenters. The molecule has 0 spiro atoms. The van der Waals surface area contributed by atoms with E-state index >= 15 is 0 Å². The summed E-state index contributed by atoms with van der Waals surface area (Å²) in [6, 6.07) is 13.2. The van der Waals surface area contributed by atoms with Crippen LogP contribution in [0.25, 0.3) is 0 Å². The van der Waals surface area contributed by atoms with Crippen molar-refractivity contribution in [1.29, 1.82) is 0 Å². The lowest BCUT2D eigenvalue weighted by Gasteiger charge is -2.15. The van der Waals surface area contributed by atoms with E-state index in [4.69, 9.17) is 4.74 Å². The maximum Gasteiger partial charge on any atom is 0.147 e. The standard InChI is InChI=1S/C14H11Br3O2/c15-10-6-11(16)14(12(17)7-10)19-8-13(18)9-4-2-1-3-5-9/h1-7,13,18H,8H2. The van der Waals surface area contributed by atoms with Gasteiger partial charge in [-0.2, -0.15) is 0 Å². The van der Waals surface area contributed by atoms with Crippen molar-refractivity contribution in [3.05, 3.63) is 61.4 Å². The molecule has 0 aliphatic heterocycles. The minimum absolute atomic E-state index is 0.197. The van der Waals surface area contributed by atoms with Gasteiger partial charge in [-0.1, -0.05) is 46.3 Å². The summed E-state index contributed by atoms with van der Waals surface area (Å²) >= 11 is 10.3. The first-order valence-corrected chi connectivity index (χ1v) is 7.96. The van der Waals surface area contributed by atoms with Crippen molar-refractivity contribution in [3.63, 3.8) is 0 Å². The van der Waals surface area contributed by atoms with Crippen LogP contribution in [0.2, 0.25) is 0 Å². The molecule has 0 amide bonds. The lowest BCUT2D eigenvalue weighted by Crippen LogP contribution is -2.10. The molecular weight excluding hydrogens is 440 g/mol. The van der Waals surface area contributed by atoms with Gasteiger partial charge in [0.15, 0.2) is 0 Å². The third-order valence-electron chi connectivity index (χ3n) is 2.53. The molecule has 2 nitrogen and oxygen atoms in total. The number of hydrogen-bond donors (Lipinski definition) is 1. The molecule has 2 aromatic carbocycles. The van der Waals surface area contributed by atoms with Gasteiger partial charge in [0.2, 0.25) is 0 Å². The van der Waals surface area contributed by atoms with Crippen LogP contribution in [-0.2, 0) is 0 Å². The average molecular weight is 451 g/mol. The van der Waals surface area contributed by atoms with Crippen molar-refractivity contribution < 1.29 is 9.84 Å². The normalized spacial score (nSPS) is 12.2. The molecule has 2 rings (SSSR count). The number of benzene rings is 2. The minimum Gasteiger partial charge on any atom is -0.488 e. The summed E-state index contributed by atoms with van der Waals surface area (Å²) in [5, 5.41) is 10.1. The Hall–Kier alpha value is -0.360. The van der Waals surface area contributed by atoms with E-state index in [-0.39, 0.29) is 6.61 Å². The van der Waals surface area contributed by atoms with Gasteiger partial charge in [0.25, 0.3) is 0 Å². The fourth-order valence-electron chi connectivity index (χ4n) is 1.60. The van der Waals surface area contributed by atoms with Crippen LogP contribution in [0.15, 0.2) is 55.9 Å². The van der Waals surface area contributed by atoms with Crippen molar-refractivity contribution in [2.24, 2.45) is 0 Å². The zero-order valence-corrected chi connectivity index (χ0v) is 14.6. The Morgan fingerprint density at radius 3 is 2.16 bits per heavy atom. The molecule has 1 unspecified atom stereocenters. The second-order valence-corrected chi connectivity index (χ2v) is 6.56. The molecule has 100 valence electrons. The fraction of sp³-hybridized carbons (Fsp3) is 0.143. The minimum atomic E-state index is -0.649. The van der Waals surface area contributed by atoms with E-state index in [1.165, 1.54) is 0 Å². The highest BCUT2D eigenvalue weighted by molar-refractivity contribution is 9.11. The molecule has 0 heterocycles. The van der Waals surface area contributed by atoms with Gasteiger partial charge in [-0.05, 0) is 49.6 Å². The molecule has 0 saturated carbocycles. The Kier molecular flexibility index (Phi) is 5.45. The van der Waals surface area contributed by atoms with Gasteiger partial charge in [0.05, 0.1) is 8.95 Å². The number of rotatable bonds is 4. The molecule has 2 aromatic rings. The summed E-state index contributed by atoms with van der Waals surface area (Å²) in [6.45, 7) is 0.197. The topological polar surface area (TPSA) is 29.5 Å². The van der Waals surface area contributed by atoms with Crippen LogP contribution in [0, 0.1) is 0 Å². The maximum atomic E-state index is 10.1. The average Bonchev–Trinajstić information content (AvgIpc) is 2.38. The molecule has 0 saturated heterocycles. The van der Waals surface area contributed by atoms with Gasteiger partial charge in [-0.25, -0.2) is 0 Å². The maximum absolute atomic E-state index is 10.1. The van der Waals surface area contributed by atoms with E-state index in [0.29, 0.717) is 5.75 Å². The lowest BCUT2D eigenvalue weighted by atomic mass is 10.1. The molecule has 5 heteroatoms. The zero-order chi connectivity index (χ0) is 13.8. The summed E-state index contributed by atoms with van der Waals surface area (Å²) in [5.41, 5.74) is 0.840. The fourth-order valence-corrected chi connectivity index (χ4v) is 4.09. The Bertz CT molecular complexity index is 535. The first kappa shape index (κ1) is 15.0. The smallest absolute Gasteiger partial charge is 0.147 e. The summed E-state index contributed by atoms with van der Waals surface area (Å²) in [7, 11) is 0.